The molecule has 3 rings (SSSR count). The maximum atomic E-state index is 12.2. The van der Waals surface area contributed by atoms with Gasteiger partial charge < -0.3 is 15.6 Å². The average Bonchev–Trinajstić information content (AvgIpc) is 3.03. The number of aromatic amines is 1. The highest BCUT2D eigenvalue weighted by molar-refractivity contribution is 7.85. The quantitative estimate of drug-likeness (QED) is 0.489. The van der Waals surface area contributed by atoms with Crippen molar-refractivity contribution in [3.8, 4) is 0 Å². The second-order valence-electron chi connectivity index (χ2n) is 7.58. The molecule has 3 unspecified atom stereocenters. The van der Waals surface area contributed by atoms with Crippen LogP contribution in [0.15, 0.2) is 29.3 Å². The number of fused-ring (bicyclic) bond motifs is 1. The number of para-hydroxylation sites is 1. The minimum atomic E-state index is -0.698. The maximum Gasteiger partial charge on any atom is 0.191 e. The first kappa shape index (κ1) is 20.9. The lowest BCUT2D eigenvalue weighted by molar-refractivity contribution is 0.413. The molecule has 0 aliphatic heterocycles. The number of hydrogen-bond acceptors (Lipinski definition) is 2. The van der Waals surface area contributed by atoms with Crippen LogP contribution >= 0.6 is 0 Å². The van der Waals surface area contributed by atoms with Gasteiger partial charge in [0.1, 0.15) is 0 Å². The summed E-state index contributed by atoms with van der Waals surface area (Å²) in [4.78, 5) is 8.29. The Kier molecular flexibility index (Phi) is 7.54. The highest BCUT2D eigenvalue weighted by atomic mass is 32.2. The molecule has 1 aromatic carbocycles. The van der Waals surface area contributed by atoms with E-state index in [9.17, 15) is 4.21 Å². The van der Waals surface area contributed by atoms with E-state index in [0.717, 1.165) is 56.9 Å². The lowest BCUT2D eigenvalue weighted by atomic mass is 9.95. The van der Waals surface area contributed by atoms with Crippen molar-refractivity contribution in [3.05, 3.63) is 35.5 Å². The molecule has 5 nitrogen and oxygen atoms in total. The van der Waals surface area contributed by atoms with Crippen LogP contribution in [0.5, 0.6) is 0 Å². The Hall–Kier alpha value is -1.82. The zero-order chi connectivity index (χ0) is 19.9. The van der Waals surface area contributed by atoms with Crippen molar-refractivity contribution in [2.24, 2.45) is 4.99 Å². The van der Waals surface area contributed by atoms with E-state index in [-0.39, 0.29) is 0 Å². The van der Waals surface area contributed by atoms with E-state index in [1.807, 2.05) is 6.92 Å². The fourth-order valence-electron chi connectivity index (χ4n) is 4.20. The molecule has 1 saturated carbocycles. The molecular formula is C22H34N4OS. The summed E-state index contributed by atoms with van der Waals surface area (Å²) in [6.45, 7) is 7.84. The number of rotatable bonds is 7. The SMILES string of the molecule is CCNC(=NCCc1c(C)[nH]c2ccccc12)NC1CCCC(S(=O)CC)C1. The standard InChI is InChI=1S/C22H34N4OS/c1-4-23-22(26-17-9-8-10-18(15-17)28(27)5-2)24-14-13-19-16(3)25-21-12-7-6-11-20(19)21/h6-7,11-12,17-18,25H,4-5,8-10,13-15H2,1-3H3,(H2,23,24,26). The number of aromatic nitrogens is 1. The number of nitrogens with zero attached hydrogens (tertiary/aromatic N) is 1. The van der Waals surface area contributed by atoms with Gasteiger partial charge in [0, 0.05) is 57.5 Å². The van der Waals surface area contributed by atoms with Crippen LogP contribution in [0.2, 0.25) is 0 Å². The molecule has 0 saturated heterocycles. The highest BCUT2D eigenvalue weighted by Crippen LogP contribution is 2.23. The van der Waals surface area contributed by atoms with Gasteiger partial charge in [-0.25, -0.2) is 0 Å². The van der Waals surface area contributed by atoms with Gasteiger partial charge in [0.15, 0.2) is 5.96 Å². The summed E-state index contributed by atoms with van der Waals surface area (Å²) < 4.78 is 12.2. The van der Waals surface area contributed by atoms with Crippen LogP contribution < -0.4 is 10.6 Å². The van der Waals surface area contributed by atoms with Crippen LogP contribution in [0.4, 0.5) is 0 Å². The van der Waals surface area contributed by atoms with Crippen LogP contribution in [0.25, 0.3) is 10.9 Å². The molecule has 1 heterocycles. The first-order valence-electron chi connectivity index (χ1n) is 10.6. The molecule has 154 valence electrons. The molecule has 0 radical (unpaired) electrons. The van der Waals surface area contributed by atoms with E-state index in [1.165, 1.54) is 22.2 Å². The molecule has 0 bridgehead atoms. The largest absolute Gasteiger partial charge is 0.358 e. The van der Waals surface area contributed by atoms with Crippen LogP contribution in [0.1, 0.15) is 50.8 Å². The molecular weight excluding hydrogens is 368 g/mol. The molecule has 1 aliphatic carbocycles. The van der Waals surface area contributed by atoms with Gasteiger partial charge in [-0.1, -0.05) is 31.5 Å². The minimum absolute atomic E-state index is 0.327. The Bertz CT molecular complexity index is 829. The van der Waals surface area contributed by atoms with Gasteiger partial charge >= 0.3 is 0 Å². The van der Waals surface area contributed by atoms with Crippen molar-refractivity contribution in [2.45, 2.75) is 64.2 Å². The fourth-order valence-corrected chi connectivity index (χ4v) is 5.55. The van der Waals surface area contributed by atoms with E-state index in [1.54, 1.807) is 0 Å². The lowest BCUT2D eigenvalue weighted by Gasteiger charge is -2.30. The highest BCUT2D eigenvalue weighted by Gasteiger charge is 2.26. The lowest BCUT2D eigenvalue weighted by Crippen LogP contribution is -2.46. The normalized spacial score (nSPS) is 21.6. The fraction of sp³-hybridized carbons (Fsp3) is 0.591. The van der Waals surface area contributed by atoms with Crippen molar-refractivity contribution >= 4 is 27.7 Å². The molecule has 1 aliphatic rings. The van der Waals surface area contributed by atoms with E-state index in [0.29, 0.717) is 11.3 Å². The summed E-state index contributed by atoms with van der Waals surface area (Å²) in [5.74, 6) is 1.64. The predicted molar refractivity (Wildman–Crippen MR) is 121 cm³/mol. The average molecular weight is 403 g/mol. The van der Waals surface area contributed by atoms with E-state index in [2.05, 4.69) is 53.7 Å². The maximum absolute atomic E-state index is 12.2. The minimum Gasteiger partial charge on any atom is -0.358 e. The molecule has 6 heteroatoms. The summed E-state index contributed by atoms with van der Waals surface area (Å²) in [6.07, 6.45) is 5.25. The zero-order valence-corrected chi connectivity index (χ0v) is 18.2. The number of H-pyrrole nitrogens is 1. The van der Waals surface area contributed by atoms with Crippen LogP contribution in [0.3, 0.4) is 0 Å². The van der Waals surface area contributed by atoms with Gasteiger partial charge in [-0.15, -0.1) is 0 Å². The molecule has 28 heavy (non-hydrogen) atoms. The zero-order valence-electron chi connectivity index (χ0n) is 17.4. The van der Waals surface area contributed by atoms with Crippen molar-refractivity contribution in [1.29, 1.82) is 0 Å². The van der Waals surface area contributed by atoms with Crippen LogP contribution in [0, 0.1) is 6.92 Å². The monoisotopic (exact) mass is 402 g/mol. The summed E-state index contributed by atoms with van der Waals surface area (Å²) in [6, 6.07) is 8.82. The molecule has 0 spiro atoms. The summed E-state index contributed by atoms with van der Waals surface area (Å²) in [5, 5.41) is 8.59. The first-order chi connectivity index (χ1) is 13.6. The third-order valence-corrected chi connectivity index (χ3v) is 7.37. The Labute approximate surface area is 171 Å². The first-order valence-corrected chi connectivity index (χ1v) is 12.0. The third kappa shape index (κ3) is 5.16. The molecule has 0 amide bonds. The van der Waals surface area contributed by atoms with Crippen molar-refractivity contribution < 1.29 is 4.21 Å². The predicted octanol–water partition coefficient (Wildman–Crippen LogP) is 3.65. The van der Waals surface area contributed by atoms with Gasteiger partial charge in [0.05, 0.1) is 0 Å². The summed E-state index contributed by atoms with van der Waals surface area (Å²) in [7, 11) is -0.698. The number of hydrogen-bond donors (Lipinski definition) is 3. The number of guanidine groups is 1. The smallest absolute Gasteiger partial charge is 0.191 e. The van der Waals surface area contributed by atoms with Crippen LogP contribution in [-0.2, 0) is 17.2 Å². The van der Waals surface area contributed by atoms with Crippen molar-refractivity contribution in [1.82, 2.24) is 15.6 Å². The number of aliphatic imine (C=N–C) groups is 1. The van der Waals surface area contributed by atoms with Gasteiger partial charge in [-0.2, -0.15) is 0 Å². The third-order valence-electron chi connectivity index (χ3n) is 5.63. The molecule has 2 aromatic rings. The Balaban J connectivity index is 1.62. The Morgan fingerprint density at radius 3 is 2.89 bits per heavy atom. The molecule has 1 fully saturated rings. The topological polar surface area (TPSA) is 69.3 Å². The summed E-state index contributed by atoms with van der Waals surface area (Å²) >= 11 is 0. The van der Waals surface area contributed by atoms with Gasteiger partial charge in [-0.3, -0.25) is 9.20 Å². The Morgan fingerprint density at radius 2 is 2.11 bits per heavy atom. The molecule has 1 aromatic heterocycles. The van der Waals surface area contributed by atoms with Crippen LogP contribution in [-0.4, -0.2) is 45.3 Å². The van der Waals surface area contributed by atoms with Crippen molar-refractivity contribution in [3.63, 3.8) is 0 Å². The number of aryl methyl sites for hydroxylation is 1. The summed E-state index contributed by atoms with van der Waals surface area (Å²) in [5.41, 5.74) is 3.78. The van der Waals surface area contributed by atoms with Gasteiger partial charge in [0.2, 0.25) is 0 Å². The van der Waals surface area contributed by atoms with E-state index < -0.39 is 10.8 Å². The second kappa shape index (κ2) is 10.1. The van der Waals surface area contributed by atoms with Crippen molar-refractivity contribution in [2.75, 3.05) is 18.8 Å². The second-order valence-corrected chi connectivity index (χ2v) is 9.59. The Morgan fingerprint density at radius 1 is 1.29 bits per heavy atom. The number of benzene rings is 1. The van der Waals surface area contributed by atoms with Gasteiger partial charge in [-0.05, 0) is 51.2 Å². The molecule has 3 N–H and O–H groups in total. The number of nitrogens with one attached hydrogen (secondary N) is 3. The van der Waals surface area contributed by atoms with E-state index >= 15 is 0 Å². The van der Waals surface area contributed by atoms with Gasteiger partial charge in [0.25, 0.3) is 0 Å². The van der Waals surface area contributed by atoms with E-state index in [4.69, 9.17) is 4.99 Å². The molecule has 3 atom stereocenters.